The van der Waals surface area contributed by atoms with E-state index in [1.54, 1.807) is 0 Å². The summed E-state index contributed by atoms with van der Waals surface area (Å²) in [6, 6.07) is 6.11. The molecule has 0 saturated heterocycles. The van der Waals surface area contributed by atoms with Gasteiger partial charge in [0.25, 0.3) is 11.5 Å². The van der Waals surface area contributed by atoms with Gasteiger partial charge in [-0.05, 0) is 24.3 Å². The zero-order valence-corrected chi connectivity index (χ0v) is 12.3. The quantitative estimate of drug-likeness (QED) is 0.906. The van der Waals surface area contributed by atoms with Crippen molar-refractivity contribution >= 4 is 5.91 Å². The Hall–Kier alpha value is -2.84. The number of ether oxygens (including phenoxy) is 1. The predicted molar refractivity (Wildman–Crippen MR) is 76.4 cm³/mol. The van der Waals surface area contributed by atoms with E-state index in [1.165, 1.54) is 23.1 Å². The summed E-state index contributed by atoms with van der Waals surface area (Å²) in [5.74, 6) is -0.724. The summed E-state index contributed by atoms with van der Waals surface area (Å²) in [6.45, 7) is 0.636. The Morgan fingerprint density at radius 3 is 2.62 bits per heavy atom. The van der Waals surface area contributed by atoms with E-state index in [-0.39, 0.29) is 23.6 Å². The van der Waals surface area contributed by atoms with Crippen LogP contribution in [-0.4, -0.2) is 33.9 Å². The number of aromatic nitrogens is 2. The molecule has 1 amide bonds. The molecule has 0 bridgehead atoms. The van der Waals surface area contributed by atoms with Crippen LogP contribution in [0.1, 0.15) is 21.6 Å². The number of fused-ring (bicyclic) bond motifs is 1. The second kappa shape index (κ2) is 5.99. The minimum Gasteiger partial charge on any atom is -0.406 e. The molecule has 0 radical (unpaired) electrons. The van der Waals surface area contributed by atoms with Crippen molar-refractivity contribution in [1.29, 1.82) is 0 Å². The van der Waals surface area contributed by atoms with Crippen molar-refractivity contribution < 1.29 is 22.7 Å². The van der Waals surface area contributed by atoms with E-state index in [2.05, 4.69) is 14.9 Å². The molecule has 1 aromatic heterocycles. The van der Waals surface area contributed by atoms with Gasteiger partial charge in [-0.25, -0.2) is 5.10 Å². The summed E-state index contributed by atoms with van der Waals surface area (Å²) in [5.41, 5.74) is 1.28. The number of alkyl halides is 3. The number of nitrogens with one attached hydrogen (secondary N) is 1. The maximum atomic E-state index is 12.4. The van der Waals surface area contributed by atoms with Crippen LogP contribution in [0.4, 0.5) is 13.2 Å². The standard InChI is InChI=1S/C15H12F3N3O3/c16-15(17,18)24-11-3-1-9(2-4-11)14(23)21-6-5-12-10(8-21)7-13(22)20-19-12/h1-4,7H,5-6,8H2,(H,20,22). The highest BCUT2D eigenvalue weighted by atomic mass is 19.4. The first-order valence-electron chi connectivity index (χ1n) is 7.04. The molecule has 0 aliphatic carbocycles. The Bertz CT molecular complexity index is 815. The molecule has 1 N–H and O–H groups in total. The molecule has 6 nitrogen and oxygen atoms in total. The summed E-state index contributed by atoms with van der Waals surface area (Å²) >= 11 is 0. The molecular formula is C15H12F3N3O3. The summed E-state index contributed by atoms with van der Waals surface area (Å²) in [4.78, 5) is 25.3. The lowest BCUT2D eigenvalue weighted by atomic mass is 10.1. The Morgan fingerprint density at radius 2 is 1.96 bits per heavy atom. The van der Waals surface area contributed by atoms with Crippen LogP contribution in [0.5, 0.6) is 5.75 Å². The molecule has 0 saturated carbocycles. The van der Waals surface area contributed by atoms with Crippen molar-refractivity contribution in [1.82, 2.24) is 15.1 Å². The molecule has 24 heavy (non-hydrogen) atoms. The van der Waals surface area contributed by atoms with Gasteiger partial charge in [-0.2, -0.15) is 5.10 Å². The molecule has 3 rings (SSSR count). The van der Waals surface area contributed by atoms with Gasteiger partial charge in [-0.1, -0.05) is 0 Å². The first kappa shape index (κ1) is 16.0. The normalized spacial score (nSPS) is 14.2. The molecule has 0 spiro atoms. The van der Waals surface area contributed by atoms with Gasteiger partial charge < -0.3 is 9.64 Å². The third-order valence-corrected chi connectivity index (χ3v) is 3.58. The molecule has 0 unspecified atom stereocenters. The first-order valence-corrected chi connectivity index (χ1v) is 7.04. The topological polar surface area (TPSA) is 75.3 Å². The van der Waals surface area contributed by atoms with Gasteiger partial charge in [-0.3, -0.25) is 9.59 Å². The largest absolute Gasteiger partial charge is 0.573 e. The third-order valence-electron chi connectivity index (χ3n) is 3.58. The fourth-order valence-electron chi connectivity index (χ4n) is 2.50. The second-order valence-corrected chi connectivity index (χ2v) is 5.25. The van der Waals surface area contributed by atoms with Gasteiger partial charge in [0.1, 0.15) is 5.75 Å². The van der Waals surface area contributed by atoms with E-state index < -0.39 is 12.1 Å². The average molecular weight is 339 g/mol. The van der Waals surface area contributed by atoms with Crippen LogP contribution in [-0.2, 0) is 13.0 Å². The Labute approximate surface area is 133 Å². The van der Waals surface area contributed by atoms with Crippen LogP contribution in [0.3, 0.4) is 0 Å². The summed E-state index contributed by atoms with van der Waals surface area (Å²) in [7, 11) is 0. The Kier molecular flexibility index (Phi) is 4.00. The molecule has 2 aromatic rings. The van der Waals surface area contributed by atoms with Crippen molar-refractivity contribution in [3.05, 3.63) is 57.5 Å². The number of nitrogens with zero attached hydrogens (tertiary/aromatic N) is 2. The van der Waals surface area contributed by atoms with Crippen molar-refractivity contribution in [3.63, 3.8) is 0 Å². The van der Waals surface area contributed by atoms with Crippen LogP contribution in [0.15, 0.2) is 35.1 Å². The van der Waals surface area contributed by atoms with Crippen LogP contribution in [0.25, 0.3) is 0 Å². The lowest BCUT2D eigenvalue weighted by Gasteiger charge is -2.27. The van der Waals surface area contributed by atoms with E-state index in [9.17, 15) is 22.8 Å². The van der Waals surface area contributed by atoms with Crippen molar-refractivity contribution in [2.24, 2.45) is 0 Å². The molecule has 0 atom stereocenters. The number of benzene rings is 1. The number of H-pyrrole nitrogens is 1. The molecule has 126 valence electrons. The van der Waals surface area contributed by atoms with Gasteiger partial charge in [0.05, 0.1) is 5.69 Å². The number of halogens is 3. The summed E-state index contributed by atoms with van der Waals surface area (Å²) in [6.07, 6.45) is -4.28. The average Bonchev–Trinajstić information content (AvgIpc) is 2.52. The van der Waals surface area contributed by atoms with Crippen LogP contribution in [0, 0.1) is 0 Å². The number of carbonyl (C=O) groups is 1. The van der Waals surface area contributed by atoms with Crippen LogP contribution in [0.2, 0.25) is 0 Å². The summed E-state index contributed by atoms with van der Waals surface area (Å²) < 4.78 is 40.2. The van der Waals surface area contributed by atoms with Crippen molar-refractivity contribution in [2.75, 3.05) is 6.54 Å². The van der Waals surface area contributed by atoms with Crippen molar-refractivity contribution in [2.45, 2.75) is 19.3 Å². The highest BCUT2D eigenvalue weighted by Crippen LogP contribution is 2.24. The number of carbonyl (C=O) groups excluding carboxylic acids is 1. The molecule has 1 aromatic carbocycles. The summed E-state index contributed by atoms with van der Waals surface area (Å²) in [5, 5.41) is 6.28. The number of aromatic amines is 1. The van der Waals surface area contributed by atoms with Crippen LogP contribution < -0.4 is 10.3 Å². The first-order chi connectivity index (χ1) is 11.3. The minimum absolute atomic E-state index is 0.228. The number of rotatable bonds is 2. The Balaban J connectivity index is 1.74. The number of hydrogen-bond acceptors (Lipinski definition) is 4. The van der Waals surface area contributed by atoms with E-state index >= 15 is 0 Å². The maximum absolute atomic E-state index is 12.4. The molecule has 1 aliphatic heterocycles. The van der Waals surface area contributed by atoms with E-state index in [4.69, 9.17) is 0 Å². The number of amides is 1. The number of hydrogen-bond donors (Lipinski definition) is 1. The van der Waals surface area contributed by atoms with Gasteiger partial charge in [-0.15, -0.1) is 13.2 Å². The zero-order chi connectivity index (χ0) is 17.3. The van der Waals surface area contributed by atoms with Gasteiger partial charge in [0.15, 0.2) is 0 Å². The van der Waals surface area contributed by atoms with Gasteiger partial charge >= 0.3 is 6.36 Å². The van der Waals surface area contributed by atoms with Gasteiger partial charge in [0, 0.05) is 36.7 Å². The second-order valence-electron chi connectivity index (χ2n) is 5.25. The zero-order valence-electron chi connectivity index (χ0n) is 12.3. The SMILES string of the molecule is O=C(c1ccc(OC(F)(F)F)cc1)N1CCc2n[nH]c(=O)cc2C1. The molecule has 1 aliphatic rings. The monoisotopic (exact) mass is 339 g/mol. The van der Waals surface area contributed by atoms with E-state index in [1.807, 2.05) is 0 Å². The Morgan fingerprint density at radius 1 is 1.25 bits per heavy atom. The van der Waals surface area contributed by atoms with Crippen molar-refractivity contribution in [3.8, 4) is 5.75 Å². The van der Waals surface area contributed by atoms with Crippen LogP contribution >= 0.6 is 0 Å². The fourth-order valence-corrected chi connectivity index (χ4v) is 2.50. The highest BCUT2D eigenvalue weighted by Gasteiger charge is 2.31. The molecule has 9 heteroatoms. The van der Waals surface area contributed by atoms with E-state index in [0.717, 1.165) is 17.8 Å². The smallest absolute Gasteiger partial charge is 0.406 e. The van der Waals surface area contributed by atoms with E-state index in [0.29, 0.717) is 18.5 Å². The van der Waals surface area contributed by atoms with Gasteiger partial charge in [0.2, 0.25) is 0 Å². The minimum atomic E-state index is -4.78. The lowest BCUT2D eigenvalue weighted by Crippen LogP contribution is -2.37. The fraction of sp³-hybridized carbons (Fsp3) is 0.267. The molecular weight excluding hydrogens is 327 g/mol. The molecule has 2 heterocycles. The highest BCUT2D eigenvalue weighted by molar-refractivity contribution is 5.94. The third kappa shape index (κ3) is 3.55. The lowest BCUT2D eigenvalue weighted by molar-refractivity contribution is -0.274. The molecule has 0 fully saturated rings. The maximum Gasteiger partial charge on any atom is 0.573 e. The predicted octanol–water partition coefficient (Wildman–Crippen LogP) is 1.87.